The van der Waals surface area contributed by atoms with E-state index in [4.69, 9.17) is 11.6 Å². The van der Waals surface area contributed by atoms with Crippen LogP contribution in [0.25, 0.3) is 0 Å². The summed E-state index contributed by atoms with van der Waals surface area (Å²) in [6.45, 7) is 4.36. The third-order valence-corrected chi connectivity index (χ3v) is 7.89. The molecule has 2 aliphatic rings. The van der Waals surface area contributed by atoms with E-state index < -0.39 is 5.51 Å². The van der Waals surface area contributed by atoms with Gasteiger partial charge in [0.2, 0.25) is 5.91 Å². The number of benzene rings is 2. The number of hydrogen-bond acceptors (Lipinski definition) is 5. The molecule has 202 valence electrons. The van der Waals surface area contributed by atoms with E-state index in [0.717, 1.165) is 74.7 Å². The monoisotopic (exact) mass is 554 g/mol. The summed E-state index contributed by atoms with van der Waals surface area (Å²) in [6, 6.07) is 14.7. The van der Waals surface area contributed by atoms with Gasteiger partial charge in [0, 0.05) is 66.0 Å². The van der Waals surface area contributed by atoms with E-state index in [2.05, 4.69) is 15.5 Å². The molecule has 2 fully saturated rings. The summed E-state index contributed by atoms with van der Waals surface area (Å²) in [5, 5.41) is 7.70. The Morgan fingerprint density at radius 3 is 2.19 bits per heavy atom. The molecule has 0 radical (unpaired) electrons. The Hall–Kier alpha value is -2.10. The van der Waals surface area contributed by atoms with Gasteiger partial charge >= 0.3 is 5.51 Å². The predicted molar refractivity (Wildman–Crippen MR) is 145 cm³/mol. The van der Waals surface area contributed by atoms with E-state index in [9.17, 15) is 18.0 Å². The first-order valence-corrected chi connectivity index (χ1v) is 14.1. The molecule has 10 heteroatoms. The highest BCUT2D eigenvalue weighted by molar-refractivity contribution is 8.00. The highest BCUT2D eigenvalue weighted by atomic mass is 35.5. The van der Waals surface area contributed by atoms with Crippen molar-refractivity contribution >= 4 is 40.6 Å². The van der Waals surface area contributed by atoms with Crippen molar-refractivity contribution < 1.29 is 18.0 Å². The molecule has 0 unspecified atom stereocenters. The number of piperidine rings is 2. The summed E-state index contributed by atoms with van der Waals surface area (Å²) in [5.74, 6) is 0.183. The number of nitrogens with zero attached hydrogens (tertiary/aromatic N) is 2. The van der Waals surface area contributed by atoms with Crippen LogP contribution in [0.5, 0.6) is 0 Å². The number of anilines is 2. The van der Waals surface area contributed by atoms with Gasteiger partial charge in [-0.05, 0) is 98.9 Å². The molecule has 0 saturated carbocycles. The zero-order valence-corrected chi connectivity index (χ0v) is 22.3. The summed E-state index contributed by atoms with van der Waals surface area (Å²) >= 11 is 5.85. The van der Waals surface area contributed by atoms with Gasteiger partial charge in [0.25, 0.3) is 0 Å². The van der Waals surface area contributed by atoms with Crippen molar-refractivity contribution in [3.8, 4) is 0 Å². The topological polar surface area (TPSA) is 47.6 Å². The zero-order chi connectivity index (χ0) is 26.3. The number of hydrogen-bond donors (Lipinski definition) is 2. The summed E-state index contributed by atoms with van der Waals surface area (Å²) in [7, 11) is 0. The number of nitrogens with one attached hydrogen (secondary N) is 2. The Morgan fingerprint density at radius 2 is 1.54 bits per heavy atom. The van der Waals surface area contributed by atoms with Crippen molar-refractivity contribution in [2.75, 3.05) is 43.4 Å². The van der Waals surface area contributed by atoms with Crippen LogP contribution in [0.3, 0.4) is 0 Å². The van der Waals surface area contributed by atoms with Crippen LogP contribution in [0.2, 0.25) is 5.02 Å². The second-order valence-electron chi connectivity index (χ2n) is 9.77. The minimum atomic E-state index is -4.29. The van der Waals surface area contributed by atoms with Gasteiger partial charge in [-0.2, -0.15) is 13.2 Å². The van der Waals surface area contributed by atoms with E-state index in [1.807, 2.05) is 29.2 Å². The molecule has 2 heterocycles. The van der Waals surface area contributed by atoms with Crippen LogP contribution in [0, 0.1) is 0 Å². The minimum Gasteiger partial charge on any atom is -0.382 e. The molecule has 1 atom stereocenters. The maximum atomic E-state index is 12.8. The molecule has 2 aliphatic heterocycles. The van der Waals surface area contributed by atoms with Crippen molar-refractivity contribution in [1.82, 2.24) is 9.80 Å². The fourth-order valence-electron chi connectivity index (χ4n) is 5.00. The number of halogens is 4. The lowest BCUT2D eigenvalue weighted by Crippen LogP contribution is -2.45. The van der Waals surface area contributed by atoms with Crippen molar-refractivity contribution in [2.24, 2.45) is 0 Å². The highest BCUT2D eigenvalue weighted by Gasteiger charge is 2.29. The van der Waals surface area contributed by atoms with Crippen LogP contribution in [0.4, 0.5) is 24.5 Å². The maximum Gasteiger partial charge on any atom is 0.446 e. The number of amides is 1. The predicted octanol–water partition coefficient (Wildman–Crippen LogP) is 6.71. The standard InChI is InChI=1S/C27H34ClF3N4OS/c28-20-5-7-21(8-6-20)32-23-13-17-34(18-14-23)15-2-4-26(36)35-16-1-3-24(19-35)33-22-9-11-25(12-10-22)37-27(29,30)31/h5-12,23-24,32-33H,1-4,13-19H2/t24-/m0/s1. The van der Waals surface area contributed by atoms with Gasteiger partial charge < -0.3 is 20.4 Å². The second kappa shape index (κ2) is 13.1. The average Bonchev–Trinajstić information content (AvgIpc) is 2.87. The smallest absolute Gasteiger partial charge is 0.382 e. The first-order valence-electron chi connectivity index (χ1n) is 12.9. The van der Waals surface area contributed by atoms with Crippen molar-refractivity contribution in [3.05, 3.63) is 53.6 Å². The number of carbonyl (C=O) groups is 1. The van der Waals surface area contributed by atoms with Gasteiger partial charge in [0.1, 0.15) is 0 Å². The normalized spacial score (nSPS) is 19.6. The van der Waals surface area contributed by atoms with Gasteiger partial charge in [-0.1, -0.05) is 11.6 Å². The summed E-state index contributed by atoms with van der Waals surface area (Å²) in [6.07, 6.45) is 5.39. The Balaban J connectivity index is 1.13. The van der Waals surface area contributed by atoms with Gasteiger partial charge in [-0.15, -0.1) is 0 Å². The number of thioether (sulfide) groups is 1. The molecule has 0 aliphatic carbocycles. The third-order valence-electron chi connectivity index (χ3n) is 6.90. The molecule has 4 rings (SSSR count). The third kappa shape index (κ3) is 9.30. The van der Waals surface area contributed by atoms with Gasteiger partial charge in [-0.25, -0.2) is 0 Å². The minimum absolute atomic E-state index is 0.103. The molecule has 5 nitrogen and oxygen atoms in total. The number of likely N-dealkylation sites (tertiary alicyclic amines) is 2. The van der Waals surface area contributed by atoms with E-state index in [1.54, 1.807) is 12.1 Å². The fourth-order valence-corrected chi connectivity index (χ4v) is 5.67. The molecule has 0 aromatic heterocycles. The van der Waals surface area contributed by atoms with Gasteiger partial charge in [-0.3, -0.25) is 4.79 Å². The summed E-state index contributed by atoms with van der Waals surface area (Å²) < 4.78 is 37.6. The zero-order valence-electron chi connectivity index (χ0n) is 20.8. The maximum absolute atomic E-state index is 12.8. The quantitative estimate of drug-likeness (QED) is 0.337. The van der Waals surface area contributed by atoms with Crippen LogP contribution >= 0.6 is 23.4 Å². The molecular formula is C27H34ClF3N4OS. The molecule has 2 saturated heterocycles. The van der Waals surface area contributed by atoms with E-state index in [1.165, 1.54) is 12.1 Å². The Labute approximate surface area is 226 Å². The lowest BCUT2D eigenvalue weighted by molar-refractivity contribution is -0.132. The van der Waals surface area contributed by atoms with Crippen molar-refractivity contribution in [1.29, 1.82) is 0 Å². The van der Waals surface area contributed by atoms with Crippen molar-refractivity contribution in [3.63, 3.8) is 0 Å². The van der Waals surface area contributed by atoms with Crippen LogP contribution in [-0.2, 0) is 4.79 Å². The lowest BCUT2D eigenvalue weighted by Gasteiger charge is -2.35. The molecule has 0 spiro atoms. The Kier molecular flexibility index (Phi) is 9.90. The molecule has 37 heavy (non-hydrogen) atoms. The fraction of sp³-hybridized carbons (Fsp3) is 0.519. The van der Waals surface area contributed by atoms with Crippen molar-refractivity contribution in [2.45, 2.75) is 61.0 Å². The Bertz CT molecular complexity index is 998. The van der Waals surface area contributed by atoms with Crippen LogP contribution in [-0.4, -0.2) is 66.0 Å². The second-order valence-corrected chi connectivity index (χ2v) is 11.3. The lowest BCUT2D eigenvalue weighted by atomic mass is 10.0. The molecular weight excluding hydrogens is 521 g/mol. The largest absolute Gasteiger partial charge is 0.446 e. The van der Waals surface area contributed by atoms with E-state index >= 15 is 0 Å². The van der Waals surface area contributed by atoms with Crippen LogP contribution in [0.15, 0.2) is 53.4 Å². The summed E-state index contributed by atoms with van der Waals surface area (Å²) in [4.78, 5) is 17.4. The number of carbonyl (C=O) groups excluding carboxylic acids is 1. The number of rotatable bonds is 9. The Morgan fingerprint density at radius 1 is 0.919 bits per heavy atom. The SMILES string of the molecule is O=C(CCCN1CCC(Nc2ccc(Cl)cc2)CC1)N1CCC[C@H](Nc2ccc(SC(F)(F)F)cc2)C1. The molecule has 2 aromatic rings. The molecule has 2 aromatic carbocycles. The van der Waals surface area contributed by atoms with Crippen LogP contribution < -0.4 is 10.6 Å². The molecule has 2 N–H and O–H groups in total. The molecule has 1 amide bonds. The van der Waals surface area contributed by atoms with Gasteiger partial charge in [0.15, 0.2) is 0 Å². The first-order chi connectivity index (χ1) is 17.7. The average molecular weight is 555 g/mol. The first kappa shape index (κ1) is 27.9. The van der Waals surface area contributed by atoms with Gasteiger partial charge in [0.05, 0.1) is 0 Å². The summed E-state index contributed by atoms with van der Waals surface area (Å²) in [5.41, 5.74) is -2.41. The molecule has 0 bridgehead atoms. The van der Waals surface area contributed by atoms with E-state index in [0.29, 0.717) is 19.0 Å². The highest BCUT2D eigenvalue weighted by Crippen LogP contribution is 2.37. The van der Waals surface area contributed by atoms with E-state index in [-0.39, 0.29) is 28.6 Å². The van der Waals surface area contributed by atoms with Crippen LogP contribution in [0.1, 0.15) is 38.5 Å². The number of alkyl halides is 3.